The van der Waals surface area contributed by atoms with Gasteiger partial charge in [-0.15, -0.1) is 0 Å². The predicted molar refractivity (Wildman–Crippen MR) is 45.5 cm³/mol. The van der Waals surface area contributed by atoms with Crippen molar-refractivity contribution < 1.29 is 4.79 Å². The fraction of sp³-hybridized carbons (Fsp3) is 0.667. The third-order valence-corrected chi connectivity index (χ3v) is 1.92. The second-order valence-electron chi connectivity index (χ2n) is 3.25. The van der Waals surface area contributed by atoms with Crippen molar-refractivity contribution in [2.75, 3.05) is 6.54 Å². The third-order valence-electron chi connectivity index (χ3n) is 1.92. The predicted octanol–water partition coefficient (Wildman–Crippen LogP) is 1.27. The van der Waals surface area contributed by atoms with Crippen molar-refractivity contribution >= 4 is 5.78 Å². The Morgan fingerprint density at radius 1 is 1.73 bits per heavy atom. The van der Waals surface area contributed by atoms with Crippen LogP contribution in [0.1, 0.15) is 26.2 Å². The second kappa shape index (κ2) is 3.67. The highest BCUT2D eigenvalue weighted by molar-refractivity contribution is 5.86. The number of allylic oxidation sites excluding steroid dienone is 1. The molecule has 1 aliphatic heterocycles. The van der Waals surface area contributed by atoms with E-state index in [0.717, 1.165) is 25.0 Å². The number of carbonyl (C=O) groups is 1. The molecule has 0 aliphatic carbocycles. The molecule has 1 N–H and O–H groups in total. The van der Waals surface area contributed by atoms with Crippen molar-refractivity contribution in [3.05, 3.63) is 12.2 Å². The van der Waals surface area contributed by atoms with Gasteiger partial charge < -0.3 is 5.32 Å². The van der Waals surface area contributed by atoms with Gasteiger partial charge in [0.25, 0.3) is 0 Å². The Hall–Kier alpha value is -0.630. The zero-order valence-corrected chi connectivity index (χ0v) is 7.02. The molecule has 2 nitrogen and oxygen atoms in total. The summed E-state index contributed by atoms with van der Waals surface area (Å²) < 4.78 is 0. The van der Waals surface area contributed by atoms with E-state index in [1.807, 2.05) is 6.92 Å². The van der Waals surface area contributed by atoms with E-state index in [1.54, 1.807) is 0 Å². The van der Waals surface area contributed by atoms with Gasteiger partial charge in [-0.3, -0.25) is 4.79 Å². The van der Waals surface area contributed by atoms with Crippen LogP contribution in [0.4, 0.5) is 0 Å². The molecule has 2 heteroatoms. The van der Waals surface area contributed by atoms with E-state index >= 15 is 0 Å². The van der Waals surface area contributed by atoms with Crippen molar-refractivity contribution in [1.82, 2.24) is 5.32 Å². The van der Waals surface area contributed by atoms with Gasteiger partial charge in [0.15, 0.2) is 5.78 Å². The summed E-state index contributed by atoms with van der Waals surface area (Å²) in [5.74, 6) is 0.301. The molecule has 0 bridgehead atoms. The minimum atomic E-state index is 0.117. The zero-order chi connectivity index (χ0) is 8.27. The number of hydrogen-bond acceptors (Lipinski definition) is 2. The van der Waals surface area contributed by atoms with Crippen LogP contribution in [-0.4, -0.2) is 18.4 Å². The molecule has 1 atom stereocenters. The van der Waals surface area contributed by atoms with Crippen molar-refractivity contribution in [2.24, 2.45) is 0 Å². The molecule has 0 aromatic carbocycles. The number of carbonyl (C=O) groups excluding carboxylic acids is 1. The van der Waals surface area contributed by atoms with Gasteiger partial charge in [0.1, 0.15) is 0 Å². The fourth-order valence-electron chi connectivity index (χ4n) is 1.38. The highest BCUT2D eigenvalue weighted by atomic mass is 16.1. The fourth-order valence-corrected chi connectivity index (χ4v) is 1.38. The summed E-state index contributed by atoms with van der Waals surface area (Å²) in [5, 5.41) is 3.17. The molecule has 0 unspecified atom stereocenters. The average Bonchev–Trinajstić information content (AvgIpc) is 2.35. The van der Waals surface area contributed by atoms with Crippen LogP contribution in [0.2, 0.25) is 0 Å². The molecule has 1 aliphatic rings. The Morgan fingerprint density at radius 3 is 2.91 bits per heavy atom. The zero-order valence-electron chi connectivity index (χ0n) is 7.02. The summed E-state index contributed by atoms with van der Waals surface area (Å²) in [4.78, 5) is 11.3. The van der Waals surface area contributed by atoms with Gasteiger partial charge in [-0.05, 0) is 26.3 Å². The molecular weight excluding hydrogens is 138 g/mol. The molecule has 0 amide bonds. The number of ketones is 1. The number of Topliss-reactive ketones (excluding diaryl/α,β-unsaturated/α-hetero) is 1. The van der Waals surface area contributed by atoms with Crippen LogP contribution >= 0.6 is 0 Å². The lowest BCUT2D eigenvalue weighted by Gasteiger charge is -2.07. The van der Waals surface area contributed by atoms with Crippen LogP contribution in [0.25, 0.3) is 0 Å². The SMILES string of the molecule is C=C(C)CC(=O)[C@@H]1CCCN1. The Bertz CT molecular complexity index is 168. The molecule has 1 fully saturated rings. The molecule has 1 saturated heterocycles. The van der Waals surface area contributed by atoms with E-state index in [1.165, 1.54) is 0 Å². The Labute approximate surface area is 67.7 Å². The monoisotopic (exact) mass is 153 g/mol. The van der Waals surface area contributed by atoms with E-state index in [9.17, 15) is 4.79 Å². The number of hydrogen-bond donors (Lipinski definition) is 1. The van der Waals surface area contributed by atoms with E-state index in [0.29, 0.717) is 12.2 Å². The molecule has 1 heterocycles. The number of rotatable bonds is 3. The third kappa shape index (κ3) is 2.46. The van der Waals surface area contributed by atoms with Gasteiger partial charge in [-0.1, -0.05) is 12.2 Å². The summed E-state index contributed by atoms with van der Waals surface area (Å²) in [6, 6.07) is 0.117. The van der Waals surface area contributed by atoms with Crippen LogP contribution < -0.4 is 5.32 Å². The Balaban J connectivity index is 2.34. The van der Waals surface area contributed by atoms with E-state index in [2.05, 4.69) is 11.9 Å². The maximum Gasteiger partial charge on any atom is 0.153 e. The average molecular weight is 153 g/mol. The summed E-state index contributed by atoms with van der Waals surface area (Å²) in [6.45, 7) is 6.61. The highest BCUT2D eigenvalue weighted by Crippen LogP contribution is 2.09. The summed E-state index contributed by atoms with van der Waals surface area (Å²) in [6.07, 6.45) is 2.68. The first-order valence-corrected chi connectivity index (χ1v) is 4.10. The molecular formula is C9H15NO. The number of nitrogens with one attached hydrogen (secondary N) is 1. The van der Waals surface area contributed by atoms with Gasteiger partial charge in [0, 0.05) is 6.42 Å². The first-order chi connectivity index (χ1) is 5.20. The molecule has 11 heavy (non-hydrogen) atoms. The summed E-state index contributed by atoms with van der Waals surface area (Å²) in [7, 11) is 0. The van der Waals surface area contributed by atoms with Crippen LogP contribution in [0.3, 0.4) is 0 Å². The van der Waals surface area contributed by atoms with Gasteiger partial charge in [-0.2, -0.15) is 0 Å². The first kappa shape index (κ1) is 8.47. The van der Waals surface area contributed by atoms with Gasteiger partial charge in [0.05, 0.1) is 6.04 Å². The second-order valence-corrected chi connectivity index (χ2v) is 3.25. The van der Waals surface area contributed by atoms with Crippen molar-refractivity contribution in [2.45, 2.75) is 32.2 Å². The summed E-state index contributed by atoms with van der Waals surface area (Å²) >= 11 is 0. The van der Waals surface area contributed by atoms with Crippen molar-refractivity contribution in [3.63, 3.8) is 0 Å². The van der Waals surface area contributed by atoms with Gasteiger partial charge >= 0.3 is 0 Å². The van der Waals surface area contributed by atoms with E-state index in [4.69, 9.17) is 0 Å². The van der Waals surface area contributed by atoms with Crippen molar-refractivity contribution in [3.8, 4) is 0 Å². The van der Waals surface area contributed by atoms with Gasteiger partial charge in [0.2, 0.25) is 0 Å². The largest absolute Gasteiger partial charge is 0.307 e. The van der Waals surface area contributed by atoms with Crippen molar-refractivity contribution in [1.29, 1.82) is 0 Å². The molecule has 0 aromatic rings. The van der Waals surface area contributed by atoms with E-state index in [-0.39, 0.29) is 6.04 Å². The van der Waals surface area contributed by atoms with E-state index < -0.39 is 0 Å². The lowest BCUT2D eigenvalue weighted by molar-refractivity contribution is -0.120. The van der Waals surface area contributed by atoms with Crippen LogP contribution in [0.15, 0.2) is 12.2 Å². The molecule has 0 spiro atoms. The normalized spacial score (nSPS) is 23.5. The topological polar surface area (TPSA) is 29.1 Å². The maximum absolute atomic E-state index is 11.3. The maximum atomic E-state index is 11.3. The van der Waals surface area contributed by atoms with Crippen LogP contribution in [0.5, 0.6) is 0 Å². The standard InChI is InChI=1S/C9H15NO/c1-7(2)6-9(11)8-4-3-5-10-8/h8,10H,1,3-6H2,2H3/t8-/m0/s1. The van der Waals surface area contributed by atoms with Gasteiger partial charge in [-0.25, -0.2) is 0 Å². The Kier molecular flexibility index (Phi) is 2.83. The lowest BCUT2D eigenvalue weighted by atomic mass is 10.1. The highest BCUT2D eigenvalue weighted by Gasteiger charge is 2.20. The smallest absolute Gasteiger partial charge is 0.153 e. The van der Waals surface area contributed by atoms with Crippen LogP contribution in [0, 0.1) is 0 Å². The molecule has 0 aromatic heterocycles. The lowest BCUT2D eigenvalue weighted by Crippen LogP contribution is -2.30. The van der Waals surface area contributed by atoms with Crippen LogP contribution in [-0.2, 0) is 4.79 Å². The molecule has 0 saturated carbocycles. The minimum Gasteiger partial charge on any atom is -0.307 e. The molecule has 62 valence electrons. The quantitative estimate of drug-likeness (QED) is 0.619. The minimum absolute atomic E-state index is 0.117. The summed E-state index contributed by atoms with van der Waals surface area (Å²) in [5.41, 5.74) is 0.962. The Morgan fingerprint density at radius 2 is 2.45 bits per heavy atom. The molecule has 1 rings (SSSR count). The first-order valence-electron chi connectivity index (χ1n) is 4.10. The molecule has 0 radical (unpaired) electrons.